The molecule has 0 saturated carbocycles. The van der Waals surface area contributed by atoms with Crippen molar-refractivity contribution in [1.29, 1.82) is 0 Å². The Morgan fingerprint density at radius 1 is 1.50 bits per heavy atom. The summed E-state index contributed by atoms with van der Waals surface area (Å²) in [4.78, 5) is 8.91. The molecule has 18 heavy (non-hydrogen) atoms. The van der Waals surface area contributed by atoms with Gasteiger partial charge in [-0.2, -0.15) is 0 Å². The highest BCUT2D eigenvalue weighted by Gasteiger charge is 2.10. The minimum absolute atomic E-state index is 0.325. The molecule has 0 saturated heterocycles. The number of hydrogen-bond acceptors (Lipinski definition) is 5. The summed E-state index contributed by atoms with van der Waals surface area (Å²) in [6.07, 6.45) is 3.54. The highest BCUT2D eigenvalue weighted by molar-refractivity contribution is 7.80. The van der Waals surface area contributed by atoms with E-state index in [0.29, 0.717) is 10.9 Å². The van der Waals surface area contributed by atoms with Gasteiger partial charge in [0.15, 0.2) is 0 Å². The largest absolute Gasteiger partial charge is 0.389 e. The smallest absolute Gasteiger partial charge is 0.136 e. The minimum Gasteiger partial charge on any atom is -0.389 e. The average Bonchev–Trinajstić information content (AvgIpc) is 2.90. The van der Waals surface area contributed by atoms with Gasteiger partial charge in [0.1, 0.15) is 10.8 Å². The molecule has 0 spiro atoms. The van der Waals surface area contributed by atoms with Gasteiger partial charge in [0.05, 0.1) is 10.6 Å². The Labute approximate surface area is 115 Å². The molecule has 3 N–H and O–H groups in total. The van der Waals surface area contributed by atoms with Crippen LogP contribution in [0.2, 0.25) is 0 Å². The van der Waals surface area contributed by atoms with Crippen molar-refractivity contribution in [2.75, 3.05) is 11.9 Å². The van der Waals surface area contributed by atoms with Crippen LogP contribution in [0, 0.1) is 0 Å². The molecule has 2 heterocycles. The zero-order valence-electron chi connectivity index (χ0n) is 9.96. The number of nitrogens with zero attached hydrogens (tertiary/aromatic N) is 2. The molecular formula is C12H14N4S2. The molecule has 0 amide bonds. The van der Waals surface area contributed by atoms with Gasteiger partial charge in [-0.3, -0.25) is 0 Å². The predicted octanol–water partition coefficient (Wildman–Crippen LogP) is 2.39. The highest BCUT2D eigenvalue weighted by Crippen LogP contribution is 2.19. The van der Waals surface area contributed by atoms with Crippen LogP contribution in [0.3, 0.4) is 0 Å². The molecule has 1 unspecified atom stereocenters. The lowest BCUT2D eigenvalue weighted by Crippen LogP contribution is -2.17. The zero-order valence-corrected chi connectivity index (χ0v) is 11.6. The number of hydrogen-bond donors (Lipinski definition) is 2. The molecule has 0 bridgehead atoms. The van der Waals surface area contributed by atoms with E-state index in [-0.39, 0.29) is 0 Å². The monoisotopic (exact) mass is 278 g/mol. The van der Waals surface area contributed by atoms with Crippen molar-refractivity contribution in [3.8, 4) is 0 Å². The predicted molar refractivity (Wildman–Crippen MR) is 79.1 cm³/mol. The van der Waals surface area contributed by atoms with Gasteiger partial charge in [-0.15, -0.1) is 11.3 Å². The lowest BCUT2D eigenvalue weighted by atomic mass is 10.2. The quantitative estimate of drug-likeness (QED) is 0.822. The van der Waals surface area contributed by atoms with Crippen molar-refractivity contribution in [1.82, 2.24) is 9.97 Å². The van der Waals surface area contributed by atoms with Crippen molar-refractivity contribution in [3.63, 3.8) is 0 Å². The summed E-state index contributed by atoms with van der Waals surface area (Å²) in [6, 6.07) is 3.69. The summed E-state index contributed by atoms with van der Waals surface area (Å²) in [5.41, 5.74) is 6.43. The molecule has 6 heteroatoms. The van der Waals surface area contributed by atoms with Crippen LogP contribution in [0.4, 0.5) is 5.82 Å². The van der Waals surface area contributed by atoms with E-state index in [1.807, 2.05) is 23.7 Å². The molecule has 94 valence electrons. The molecule has 2 aromatic rings. The molecule has 1 atom stereocenters. The van der Waals surface area contributed by atoms with Crippen LogP contribution in [-0.4, -0.2) is 21.5 Å². The second-order valence-electron chi connectivity index (χ2n) is 3.92. The summed E-state index contributed by atoms with van der Waals surface area (Å²) in [7, 11) is 0. The maximum absolute atomic E-state index is 5.66. The molecule has 0 aliphatic heterocycles. The Bertz CT molecular complexity index is 525. The van der Waals surface area contributed by atoms with Crippen molar-refractivity contribution >= 4 is 34.4 Å². The van der Waals surface area contributed by atoms with Crippen LogP contribution in [0.25, 0.3) is 0 Å². The summed E-state index contributed by atoms with van der Waals surface area (Å²) >= 11 is 6.65. The van der Waals surface area contributed by atoms with Crippen LogP contribution in [-0.2, 0) is 0 Å². The van der Waals surface area contributed by atoms with E-state index < -0.39 is 0 Å². The van der Waals surface area contributed by atoms with Crippen LogP contribution in [0.15, 0.2) is 29.9 Å². The lowest BCUT2D eigenvalue weighted by molar-refractivity contribution is 0.792. The second-order valence-corrected chi connectivity index (χ2v) is 5.28. The normalized spacial score (nSPS) is 12.1. The van der Waals surface area contributed by atoms with Gasteiger partial charge in [-0.05, 0) is 12.1 Å². The van der Waals surface area contributed by atoms with Crippen molar-refractivity contribution in [3.05, 3.63) is 40.5 Å². The molecule has 0 aliphatic carbocycles. The maximum atomic E-state index is 5.66. The van der Waals surface area contributed by atoms with Crippen LogP contribution in [0.5, 0.6) is 0 Å². The Morgan fingerprint density at radius 3 is 3.00 bits per heavy atom. The molecular weight excluding hydrogens is 264 g/mol. The molecule has 0 radical (unpaired) electrons. The summed E-state index contributed by atoms with van der Waals surface area (Å²) in [5.74, 6) is 1.06. The van der Waals surface area contributed by atoms with Gasteiger partial charge in [-0.1, -0.05) is 19.1 Å². The average molecular weight is 278 g/mol. The fourth-order valence-corrected chi connectivity index (χ4v) is 2.42. The van der Waals surface area contributed by atoms with Crippen LogP contribution in [0.1, 0.15) is 23.4 Å². The van der Waals surface area contributed by atoms with Gasteiger partial charge < -0.3 is 11.1 Å². The third-order valence-electron chi connectivity index (χ3n) is 2.52. The topological polar surface area (TPSA) is 63.8 Å². The first kappa shape index (κ1) is 12.9. The molecule has 0 fully saturated rings. The van der Waals surface area contributed by atoms with Gasteiger partial charge in [-0.25, -0.2) is 9.97 Å². The summed E-state index contributed by atoms with van der Waals surface area (Å²) < 4.78 is 0. The highest BCUT2D eigenvalue weighted by atomic mass is 32.1. The summed E-state index contributed by atoms with van der Waals surface area (Å²) in [6.45, 7) is 2.87. The number of thiocarbonyl (C=S) groups is 1. The number of rotatable bonds is 5. The van der Waals surface area contributed by atoms with Crippen LogP contribution >= 0.6 is 23.6 Å². The van der Waals surface area contributed by atoms with Crippen molar-refractivity contribution < 1.29 is 0 Å². The van der Waals surface area contributed by atoms with Crippen molar-refractivity contribution in [2.45, 2.75) is 12.8 Å². The zero-order chi connectivity index (χ0) is 13.0. The Morgan fingerprint density at radius 2 is 2.33 bits per heavy atom. The Kier molecular flexibility index (Phi) is 4.22. The molecule has 2 rings (SSSR count). The number of anilines is 1. The number of nitrogens with one attached hydrogen (secondary N) is 1. The SMILES string of the molecule is CC(CNc1ncccc1C(N)=S)c1nccs1. The number of nitrogens with two attached hydrogens (primary N) is 1. The lowest BCUT2D eigenvalue weighted by Gasteiger charge is -2.13. The first-order valence-electron chi connectivity index (χ1n) is 5.56. The van der Waals surface area contributed by atoms with E-state index in [1.54, 1.807) is 17.5 Å². The van der Waals surface area contributed by atoms with E-state index in [4.69, 9.17) is 18.0 Å². The third kappa shape index (κ3) is 3.02. The first-order valence-corrected chi connectivity index (χ1v) is 6.85. The van der Waals surface area contributed by atoms with E-state index >= 15 is 0 Å². The number of thiazole rings is 1. The minimum atomic E-state index is 0.325. The standard InChI is InChI=1S/C12H14N4S2/c1-8(12-15-5-6-18-12)7-16-11-9(10(13)17)3-2-4-14-11/h2-6,8H,7H2,1H3,(H2,13,17)(H,14,16). The van der Waals surface area contributed by atoms with Gasteiger partial charge in [0.2, 0.25) is 0 Å². The van der Waals surface area contributed by atoms with E-state index in [2.05, 4.69) is 22.2 Å². The van der Waals surface area contributed by atoms with Gasteiger partial charge in [0.25, 0.3) is 0 Å². The molecule has 2 aromatic heterocycles. The Balaban J connectivity index is 2.04. The maximum Gasteiger partial charge on any atom is 0.136 e. The third-order valence-corrected chi connectivity index (χ3v) is 3.75. The number of pyridine rings is 1. The molecule has 0 aromatic carbocycles. The fraction of sp³-hybridized carbons (Fsp3) is 0.250. The van der Waals surface area contributed by atoms with Crippen LogP contribution < -0.4 is 11.1 Å². The van der Waals surface area contributed by atoms with Gasteiger partial charge >= 0.3 is 0 Å². The van der Waals surface area contributed by atoms with E-state index in [9.17, 15) is 0 Å². The molecule has 0 aliphatic rings. The number of aromatic nitrogens is 2. The fourth-order valence-electron chi connectivity index (χ4n) is 1.56. The Hall–Kier alpha value is -1.53. The van der Waals surface area contributed by atoms with Gasteiger partial charge in [0, 0.05) is 30.2 Å². The van der Waals surface area contributed by atoms with E-state index in [0.717, 1.165) is 22.9 Å². The molecule has 4 nitrogen and oxygen atoms in total. The van der Waals surface area contributed by atoms with E-state index in [1.165, 1.54) is 0 Å². The second kappa shape index (κ2) is 5.88. The van der Waals surface area contributed by atoms with Crippen molar-refractivity contribution in [2.24, 2.45) is 5.73 Å². The summed E-state index contributed by atoms with van der Waals surface area (Å²) in [5, 5.41) is 6.36. The first-order chi connectivity index (χ1) is 8.68.